The third kappa shape index (κ3) is 2.84. The van der Waals surface area contributed by atoms with Crippen LogP contribution >= 0.6 is 0 Å². The monoisotopic (exact) mass is 315 g/mol. The summed E-state index contributed by atoms with van der Waals surface area (Å²) >= 11 is 0. The first kappa shape index (κ1) is 14.9. The lowest BCUT2D eigenvalue weighted by atomic mass is 9.83. The lowest BCUT2D eigenvalue weighted by molar-refractivity contribution is 0.00994. The SMILES string of the molecule is CCCS(=O)(=O)N1C[C@H]2COC[C@@H](c3nc(C)no3)[C@H]2C1. The van der Waals surface area contributed by atoms with Crippen molar-refractivity contribution < 1.29 is 17.7 Å². The van der Waals surface area contributed by atoms with Gasteiger partial charge in [-0.05, 0) is 19.3 Å². The van der Waals surface area contributed by atoms with Gasteiger partial charge in [-0.15, -0.1) is 0 Å². The lowest BCUT2D eigenvalue weighted by Gasteiger charge is -2.30. The van der Waals surface area contributed by atoms with Crippen LogP contribution in [0, 0.1) is 18.8 Å². The van der Waals surface area contributed by atoms with Crippen LogP contribution in [0.4, 0.5) is 0 Å². The van der Waals surface area contributed by atoms with Crippen LogP contribution < -0.4 is 0 Å². The number of ether oxygens (including phenoxy) is 1. The number of sulfonamides is 1. The van der Waals surface area contributed by atoms with Crippen molar-refractivity contribution in [3.63, 3.8) is 0 Å². The van der Waals surface area contributed by atoms with Crippen molar-refractivity contribution in [2.75, 3.05) is 32.1 Å². The Bertz CT molecular complexity index is 600. The molecular weight excluding hydrogens is 294 g/mol. The van der Waals surface area contributed by atoms with E-state index in [4.69, 9.17) is 9.26 Å². The summed E-state index contributed by atoms with van der Waals surface area (Å²) in [5.74, 6) is 1.77. The van der Waals surface area contributed by atoms with E-state index >= 15 is 0 Å². The van der Waals surface area contributed by atoms with Crippen molar-refractivity contribution >= 4 is 10.0 Å². The first-order valence-corrected chi connectivity index (χ1v) is 8.98. The molecule has 0 bridgehead atoms. The van der Waals surface area contributed by atoms with Gasteiger partial charge in [0.1, 0.15) is 0 Å². The van der Waals surface area contributed by atoms with Gasteiger partial charge in [0, 0.05) is 19.0 Å². The van der Waals surface area contributed by atoms with Crippen LogP contribution in [0.3, 0.4) is 0 Å². The molecule has 2 saturated heterocycles. The lowest BCUT2D eigenvalue weighted by Crippen LogP contribution is -2.33. The van der Waals surface area contributed by atoms with Gasteiger partial charge in [-0.25, -0.2) is 12.7 Å². The maximum absolute atomic E-state index is 12.3. The average Bonchev–Trinajstić information content (AvgIpc) is 3.04. The van der Waals surface area contributed by atoms with Crippen molar-refractivity contribution in [2.24, 2.45) is 11.8 Å². The Morgan fingerprint density at radius 2 is 2.14 bits per heavy atom. The molecule has 8 heteroatoms. The van der Waals surface area contributed by atoms with Gasteiger partial charge in [-0.2, -0.15) is 4.98 Å². The molecule has 0 radical (unpaired) electrons. The third-order valence-corrected chi connectivity index (χ3v) is 6.33. The van der Waals surface area contributed by atoms with E-state index in [1.807, 2.05) is 6.92 Å². The number of rotatable bonds is 4. The minimum Gasteiger partial charge on any atom is -0.380 e. The Morgan fingerprint density at radius 3 is 2.81 bits per heavy atom. The molecule has 21 heavy (non-hydrogen) atoms. The van der Waals surface area contributed by atoms with Gasteiger partial charge >= 0.3 is 0 Å². The average molecular weight is 315 g/mol. The summed E-state index contributed by atoms with van der Waals surface area (Å²) in [4.78, 5) is 4.29. The van der Waals surface area contributed by atoms with Crippen LogP contribution in [0.25, 0.3) is 0 Å². The molecule has 2 fully saturated rings. The van der Waals surface area contributed by atoms with Gasteiger partial charge in [0.15, 0.2) is 5.82 Å². The highest BCUT2D eigenvalue weighted by Crippen LogP contribution is 2.40. The van der Waals surface area contributed by atoms with Crippen molar-refractivity contribution in [2.45, 2.75) is 26.2 Å². The van der Waals surface area contributed by atoms with Crippen LogP contribution in [0.15, 0.2) is 4.52 Å². The van der Waals surface area contributed by atoms with Crippen LogP contribution in [0.5, 0.6) is 0 Å². The summed E-state index contributed by atoms with van der Waals surface area (Å²) in [6.45, 7) is 5.85. The van der Waals surface area contributed by atoms with Gasteiger partial charge < -0.3 is 9.26 Å². The van der Waals surface area contributed by atoms with Crippen molar-refractivity contribution in [3.8, 4) is 0 Å². The Hall–Kier alpha value is -0.990. The van der Waals surface area contributed by atoms with Crippen molar-refractivity contribution in [3.05, 3.63) is 11.7 Å². The summed E-state index contributed by atoms with van der Waals surface area (Å²) in [7, 11) is -3.16. The van der Waals surface area contributed by atoms with E-state index in [0.717, 1.165) is 0 Å². The molecule has 0 aromatic carbocycles. The summed E-state index contributed by atoms with van der Waals surface area (Å²) in [5, 5.41) is 3.83. The van der Waals surface area contributed by atoms with E-state index < -0.39 is 10.0 Å². The van der Waals surface area contributed by atoms with Gasteiger partial charge in [0.05, 0.1) is 24.9 Å². The molecule has 2 aliphatic heterocycles. The fraction of sp³-hybridized carbons (Fsp3) is 0.846. The molecule has 3 rings (SSSR count). The topological polar surface area (TPSA) is 85.5 Å². The summed E-state index contributed by atoms with van der Waals surface area (Å²) in [6.07, 6.45) is 0.636. The molecular formula is C13H21N3O4S. The molecule has 7 nitrogen and oxygen atoms in total. The zero-order valence-electron chi connectivity index (χ0n) is 12.4. The quantitative estimate of drug-likeness (QED) is 0.816. The second kappa shape index (κ2) is 5.66. The Kier molecular flexibility index (Phi) is 4.02. The maximum atomic E-state index is 12.3. The molecule has 0 N–H and O–H groups in total. The van der Waals surface area contributed by atoms with Gasteiger partial charge in [0.2, 0.25) is 15.9 Å². The Morgan fingerprint density at radius 1 is 1.33 bits per heavy atom. The predicted octanol–water partition coefficient (Wildman–Crippen LogP) is 0.780. The molecule has 2 aliphatic rings. The van der Waals surface area contributed by atoms with Crippen LogP contribution in [-0.4, -0.2) is 54.9 Å². The summed E-state index contributed by atoms with van der Waals surface area (Å²) in [6, 6.07) is 0. The van der Waals surface area contributed by atoms with Gasteiger partial charge in [-0.1, -0.05) is 12.1 Å². The second-order valence-electron chi connectivity index (χ2n) is 5.88. The van der Waals surface area contributed by atoms with Crippen molar-refractivity contribution in [1.29, 1.82) is 0 Å². The highest BCUT2D eigenvalue weighted by molar-refractivity contribution is 7.89. The smallest absolute Gasteiger partial charge is 0.232 e. The molecule has 0 spiro atoms. The van der Waals surface area contributed by atoms with E-state index in [-0.39, 0.29) is 23.5 Å². The first-order chi connectivity index (χ1) is 10.0. The fourth-order valence-corrected chi connectivity index (χ4v) is 4.88. The third-order valence-electron chi connectivity index (χ3n) is 4.32. The van der Waals surface area contributed by atoms with Crippen LogP contribution in [0.1, 0.15) is 31.0 Å². The standard InChI is InChI=1S/C13H21N3O4S/c1-3-4-21(17,18)16-5-10-7-19-8-12(11(10)6-16)13-14-9(2)15-20-13/h10-12H,3-8H2,1-2H3/t10-,11-,12+/m0/s1. The Labute approximate surface area is 124 Å². The minimum atomic E-state index is -3.16. The first-order valence-electron chi connectivity index (χ1n) is 7.37. The molecule has 3 atom stereocenters. The van der Waals surface area contributed by atoms with E-state index in [0.29, 0.717) is 44.4 Å². The minimum absolute atomic E-state index is 0.00761. The highest BCUT2D eigenvalue weighted by Gasteiger charge is 2.46. The van der Waals surface area contributed by atoms with E-state index in [1.54, 1.807) is 11.2 Å². The maximum Gasteiger partial charge on any atom is 0.232 e. The number of aromatic nitrogens is 2. The van der Waals surface area contributed by atoms with Gasteiger partial charge in [-0.3, -0.25) is 0 Å². The summed E-state index contributed by atoms with van der Waals surface area (Å²) in [5.41, 5.74) is 0. The number of hydrogen-bond donors (Lipinski definition) is 0. The van der Waals surface area contributed by atoms with Crippen LogP contribution in [0.2, 0.25) is 0 Å². The van der Waals surface area contributed by atoms with Crippen molar-refractivity contribution in [1.82, 2.24) is 14.4 Å². The van der Waals surface area contributed by atoms with Crippen LogP contribution in [-0.2, 0) is 14.8 Å². The molecule has 0 saturated carbocycles. The number of hydrogen-bond acceptors (Lipinski definition) is 6. The normalized spacial score (nSPS) is 30.5. The Balaban J connectivity index is 1.79. The molecule has 1 aromatic rings. The second-order valence-corrected chi connectivity index (χ2v) is 7.97. The van der Waals surface area contributed by atoms with E-state index in [2.05, 4.69) is 10.1 Å². The zero-order chi connectivity index (χ0) is 15.0. The number of nitrogens with zero attached hydrogens (tertiary/aromatic N) is 3. The fourth-order valence-electron chi connectivity index (χ4n) is 3.29. The number of aryl methyl sites for hydroxylation is 1. The van der Waals surface area contributed by atoms with E-state index in [9.17, 15) is 8.42 Å². The van der Waals surface area contributed by atoms with E-state index in [1.165, 1.54) is 0 Å². The molecule has 3 heterocycles. The zero-order valence-corrected chi connectivity index (χ0v) is 13.2. The molecule has 1 aromatic heterocycles. The predicted molar refractivity (Wildman–Crippen MR) is 75.2 cm³/mol. The van der Waals surface area contributed by atoms with Gasteiger partial charge in [0.25, 0.3) is 0 Å². The molecule has 118 valence electrons. The highest BCUT2D eigenvalue weighted by atomic mass is 32.2. The molecule has 0 aliphatic carbocycles. The summed E-state index contributed by atoms with van der Waals surface area (Å²) < 4.78 is 37.0. The molecule has 0 amide bonds. The number of fused-ring (bicyclic) bond motifs is 1. The molecule has 0 unspecified atom stereocenters. The largest absolute Gasteiger partial charge is 0.380 e.